The molecule has 0 saturated heterocycles. The number of thioether (sulfide) groups is 1. The molecule has 2 amide bonds. The Morgan fingerprint density at radius 1 is 1.15 bits per heavy atom. The summed E-state index contributed by atoms with van der Waals surface area (Å²) < 4.78 is 5.04. The molecule has 0 radical (unpaired) electrons. The number of anilines is 1. The highest BCUT2D eigenvalue weighted by Crippen LogP contribution is 2.32. The van der Waals surface area contributed by atoms with Gasteiger partial charge in [0.05, 0.1) is 17.0 Å². The smallest absolute Gasteiger partial charge is 0.338 e. The molecular formula is C19H18N2O4S. The Morgan fingerprint density at radius 3 is 2.77 bits per heavy atom. The summed E-state index contributed by atoms with van der Waals surface area (Å²) in [5, 5.41) is 5.43. The van der Waals surface area contributed by atoms with Gasteiger partial charge >= 0.3 is 5.97 Å². The van der Waals surface area contributed by atoms with Crippen LogP contribution < -0.4 is 10.6 Å². The molecule has 0 bridgehead atoms. The molecule has 0 fully saturated rings. The van der Waals surface area contributed by atoms with Crippen molar-refractivity contribution in [2.75, 3.05) is 24.2 Å². The molecule has 0 atom stereocenters. The van der Waals surface area contributed by atoms with E-state index >= 15 is 0 Å². The third-order valence-corrected chi connectivity index (χ3v) is 4.83. The van der Waals surface area contributed by atoms with E-state index in [9.17, 15) is 14.4 Å². The highest BCUT2D eigenvalue weighted by Gasteiger charge is 2.18. The van der Waals surface area contributed by atoms with Crippen molar-refractivity contribution in [1.29, 1.82) is 0 Å². The van der Waals surface area contributed by atoms with Crippen molar-refractivity contribution < 1.29 is 19.1 Å². The van der Waals surface area contributed by atoms with Gasteiger partial charge in [0.15, 0.2) is 6.61 Å². The average molecular weight is 370 g/mol. The summed E-state index contributed by atoms with van der Waals surface area (Å²) in [6, 6.07) is 14.7. The van der Waals surface area contributed by atoms with E-state index < -0.39 is 5.97 Å². The Balaban J connectivity index is 1.45. The molecule has 7 heteroatoms. The van der Waals surface area contributed by atoms with E-state index in [0.717, 1.165) is 10.5 Å². The number of rotatable bonds is 6. The summed E-state index contributed by atoms with van der Waals surface area (Å²) in [5.41, 5.74) is 2.01. The normalized spacial score (nSPS) is 12.7. The van der Waals surface area contributed by atoms with Crippen molar-refractivity contribution in [3.8, 4) is 0 Å². The van der Waals surface area contributed by atoms with Crippen molar-refractivity contribution >= 4 is 35.2 Å². The van der Waals surface area contributed by atoms with E-state index in [-0.39, 0.29) is 18.4 Å². The van der Waals surface area contributed by atoms with E-state index in [1.807, 2.05) is 30.3 Å². The van der Waals surface area contributed by atoms with Crippen LogP contribution in [0.15, 0.2) is 53.4 Å². The van der Waals surface area contributed by atoms with Gasteiger partial charge in [-0.3, -0.25) is 9.59 Å². The molecule has 2 N–H and O–H groups in total. The molecule has 0 saturated carbocycles. The zero-order chi connectivity index (χ0) is 18.4. The topological polar surface area (TPSA) is 84.5 Å². The van der Waals surface area contributed by atoms with Crippen molar-refractivity contribution in [3.63, 3.8) is 0 Å². The number of ether oxygens (including phenoxy) is 1. The van der Waals surface area contributed by atoms with Gasteiger partial charge in [-0.05, 0) is 30.2 Å². The summed E-state index contributed by atoms with van der Waals surface area (Å²) in [5.74, 6) is -0.697. The molecule has 1 heterocycles. The summed E-state index contributed by atoms with van der Waals surface area (Å²) in [6.45, 7) is 0.133. The zero-order valence-corrected chi connectivity index (χ0v) is 14.8. The summed E-state index contributed by atoms with van der Waals surface area (Å²) in [4.78, 5) is 36.2. The number of amides is 2. The molecule has 134 valence electrons. The van der Waals surface area contributed by atoms with Crippen LogP contribution >= 0.6 is 11.8 Å². The van der Waals surface area contributed by atoms with Crippen LogP contribution in [0.1, 0.15) is 15.9 Å². The second kappa shape index (κ2) is 8.53. The summed E-state index contributed by atoms with van der Waals surface area (Å²) in [7, 11) is 0. The number of carbonyl (C=O) groups is 3. The van der Waals surface area contributed by atoms with Gasteiger partial charge in [0.1, 0.15) is 0 Å². The monoisotopic (exact) mass is 370 g/mol. The van der Waals surface area contributed by atoms with E-state index in [0.29, 0.717) is 30.0 Å². The first kappa shape index (κ1) is 18.0. The molecule has 0 spiro atoms. The molecule has 3 rings (SSSR count). The van der Waals surface area contributed by atoms with Crippen LogP contribution in [0.2, 0.25) is 0 Å². The van der Waals surface area contributed by atoms with Gasteiger partial charge in [0.25, 0.3) is 5.91 Å². The van der Waals surface area contributed by atoms with Crippen LogP contribution in [0.25, 0.3) is 0 Å². The van der Waals surface area contributed by atoms with Crippen LogP contribution in [0, 0.1) is 0 Å². The maximum absolute atomic E-state index is 12.1. The summed E-state index contributed by atoms with van der Waals surface area (Å²) >= 11 is 1.41. The maximum Gasteiger partial charge on any atom is 0.338 e. The average Bonchev–Trinajstić information content (AvgIpc) is 2.66. The van der Waals surface area contributed by atoms with Crippen molar-refractivity contribution in [3.05, 3.63) is 59.7 Å². The minimum Gasteiger partial charge on any atom is -0.452 e. The van der Waals surface area contributed by atoms with Gasteiger partial charge < -0.3 is 15.4 Å². The van der Waals surface area contributed by atoms with Gasteiger partial charge in [-0.15, -0.1) is 11.8 Å². The first-order valence-corrected chi connectivity index (χ1v) is 9.15. The van der Waals surface area contributed by atoms with Gasteiger partial charge in [-0.25, -0.2) is 4.79 Å². The molecule has 1 aliphatic rings. The van der Waals surface area contributed by atoms with Crippen LogP contribution in [0.3, 0.4) is 0 Å². The molecular weight excluding hydrogens is 352 g/mol. The number of carbonyl (C=O) groups excluding carboxylic acids is 3. The second-order valence-corrected chi connectivity index (χ2v) is 6.73. The number of esters is 1. The largest absolute Gasteiger partial charge is 0.452 e. The number of fused-ring (bicyclic) bond motifs is 1. The Kier molecular flexibility index (Phi) is 5.91. The maximum atomic E-state index is 12.1. The Hall–Kier alpha value is -2.80. The molecule has 0 aromatic heterocycles. The fourth-order valence-electron chi connectivity index (χ4n) is 2.47. The Morgan fingerprint density at radius 2 is 1.96 bits per heavy atom. The van der Waals surface area contributed by atoms with E-state index in [2.05, 4.69) is 10.6 Å². The number of benzene rings is 2. The minimum absolute atomic E-state index is 0.106. The van der Waals surface area contributed by atoms with Crippen molar-refractivity contribution in [2.45, 2.75) is 11.3 Å². The van der Waals surface area contributed by atoms with Crippen LogP contribution in [0.4, 0.5) is 5.69 Å². The van der Waals surface area contributed by atoms with Gasteiger partial charge in [-0.2, -0.15) is 0 Å². The molecule has 2 aromatic rings. The lowest BCUT2D eigenvalue weighted by Crippen LogP contribution is -2.30. The van der Waals surface area contributed by atoms with Crippen LogP contribution in [-0.4, -0.2) is 36.7 Å². The van der Waals surface area contributed by atoms with Crippen molar-refractivity contribution in [2.24, 2.45) is 0 Å². The fraction of sp³-hybridized carbons (Fsp3) is 0.211. The SMILES string of the molecule is O=C(COC(=O)c1ccc2c(c1)NC(=O)CS2)NCCc1ccccc1. The summed E-state index contributed by atoms with van der Waals surface area (Å²) in [6.07, 6.45) is 0.711. The second-order valence-electron chi connectivity index (χ2n) is 5.71. The van der Waals surface area contributed by atoms with E-state index in [1.54, 1.807) is 18.2 Å². The van der Waals surface area contributed by atoms with Gasteiger partial charge in [0, 0.05) is 11.4 Å². The highest BCUT2D eigenvalue weighted by atomic mass is 32.2. The van der Waals surface area contributed by atoms with Crippen LogP contribution in [0.5, 0.6) is 0 Å². The van der Waals surface area contributed by atoms with E-state index in [4.69, 9.17) is 4.74 Å². The first-order valence-electron chi connectivity index (χ1n) is 8.16. The van der Waals surface area contributed by atoms with Gasteiger partial charge in [0.2, 0.25) is 5.91 Å². The molecule has 2 aromatic carbocycles. The molecule has 0 unspecified atom stereocenters. The lowest BCUT2D eigenvalue weighted by Gasteiger charge is -2.16. The zero-order valence-electron chi connectivity index (χ0n) is 14.0. The minimum atomic E-state index is -0.601. The first-order chi connectivity index (χ1) is 12.6. The fourth-order valence-corrected chi connectivity index (χ4v) is 3.25. The van der Waals surface area contributed by atoms with E-state index in [1.165, 1.54) is 11.8 Å². The Labute approximate surface area is 155 Å². The molecule has 26 heavy (non-hydrogen) atoms. The standard InChI is InChI=1S/C19H18N2O4S/c22-17(20-9-8-13-4-2-1-3-5-13)11-25-19(24)14-6-7-16-15(10-14)21-18(23)12-26-16/h1-7,10H,8-9,11-12H2,(H,20,22)(H,21,23). The van der Waals surface area contributed by atoms with Gasteiger partial charge in [-0.1, -0.05) is 30.3 Å². The Bertz CT molecular complexity index is 824. The molecule has 1 aliphatic heterocycles. The number of nitrogens with one attached hydrogen (secondary N) is 2. The number of hydrogen-bond donors (Lipinski definition) is 2. The molecule has 6 nitrogen and oxygen atoms in total. The highest BCUT2D eigenvalue weighted by molar-refractivity contribution is 8.00. The number of hydrogen-bond acceptors (Lipinski definition) is 5. The lowest BCUT2D eigenvalue weighted by molar-refractivity contribution is -0.124. The van der Waals surface area contributed by atoms with Crippen LogP contribution in [-0.2, 0) is 20.7 Å². The third kappa shape index (κ3) is 4.86. The lowest BCUT2D eigenvalue weighted by atomic mass is 10.1. The third-order valence-electron chi connectivity index (χ3n) is 3.76. The quantitative estimate of drug-likeness (QED) is 0.762. The van der Waals surface area contributed by atoms with Crippen molar-refractivity contribution in [1.82, 2.24) is 5.32 Å². The molecule has 0 aliphatic carbocycles. The predicted molar refractivity (Wildman–Crippen MR) is 99.2 cm³/mol. The predicted octanol–water partition coefficient (Wildman–Crippen LogP) is 2.25.